The highest BCUT2D eigenvalue weighted by atomic mass is 35.5. The van der Waals surface area contributed by atoms with Gasteiger partial charge in [0.1, 0.15) is 12.4 Å². The monoisotopic (exact) mass is 421 g/mol. The van der Waals surface area contributed by atoms with E-state index in [1.165, 1.54) is 22.8 Å². The predicted octanol–water partition coefficient (Wildman–Crippen LogP) is 5.01. The Bertz CT molecular complexity index is 1280. The molecule has 4 rings (SSSR count). The van der Waals surface area contributed by atoms with Gasteiger partial charge in [-0.2, -0.15) is 0 Å². The molecule has 0 radical (unpaired) electrons. The lowest BCUT2D eigenvalue weighted by molar-refractivity contribution is -0.116. The normalized spacial score (nSPS) is 10.9. The summed E-state index contributed by atoms with van der Waals surface area (Å²) in [6, 6.07) is 17.8. The first-order valence-electron chi connectivity index (χ1n) is 9.24. The Kier molecular flexibility index (Phi) is 5.33. The standard InChI is InChI=1S/C23H17ClFN3O2/c1-14-9-10-18(17(24)11-14)26-21(29)13-28-20-8-3-2-7-19(20)27-23(28)22(30)15-5-4-6-16(25)12-15/h2-12H,13H2,1H3,(H,26,29). The molecule has 0 atom stereocenters. The molecule has 30 heavy (non-hydrogen) atoms. The van der Waals surface area contributed by atoms with Crippen LogP contribution < -0.4 is 5.32 Å². The molecular formula is C23H17ClFN3O2. The van der Waals surface area contributed by atoms with Crippen LogP contribution in [-0.2, 0) is 11.3 Å². The number of ketones is 1. The van der Waals surface area contributed by atoms with Crippen LogP contribution >= 0.6 is 11.6 Å². The van der Waals surface area contributed by atoms with Crippen LogP contribution in [0.2, 0.25) is 5.02 Å². The Morgan fingerprint density at radius 1 is 1.07 bits per heavy atom. The minimum Gasteiger partial charge on any atom is -0.323 e. The van der Waals surface area contributed by atoms with Gasteiger partial charge in [0, 0.05) is 5.56 Å². The number of imidazole rings is 1. The number of nitrogens with one attached hydrogen (secondary N) is 1. The van der Waals surface area contributed by atoms with Crippen molar-refractivity contribution in [2.75, 3.05) is 5.32 Å². The van der Waals surface area contributed by atoms with E-state index in [4.69, 9.17) is 11.6 Å². The van der Waals surface area contributed by atoms with Gasteiger partial charge >= 0.3 is 0 Å². The van der Waals surface area contributed by atoms with Crippen LogP contribution in [0.25, 0.3) is 11.0 Å². The molecule has 7 heteroatoms. The Morgan fingerprint density at radius 2 is 1.87 bits per heavy atom. The van der Waals surface area contributed by atoms with Gasteiger partial charge in [0.05, 0.1) is 21.7 Å². The van der Waals surface area contributed by atoms with Crippen molar-refractivity contribution in [2.45, 2.75) is 13.5 Å². The molecule has 1 N–H and O–H groups in total. The number of aryl methyl sites for hydroxylation is 1. The lowest BCUT2D eigenvalue weighted by Gasteiger charge is -2.11. The lowest BCUT2D eigenvalue weighted by atomic mass is 10.1. The number of para-hydroxylation sites is 2. The summed E-state index contributed by atoms with van der Waals surface area (Å²) in [6.45, 7) is 1.75. The lowest BCUT2D eigenvalue weighted by Crippen LogP contribution is -2.22. The van der Waals surface area contributed by atoms with Crippen molar-refractivity contribution in [1.82, 2.24) is 9.55 Å². The largest absolute Gasteiger partial charge is 0.323 e. The molecule has 0 spiro atoms. The van der Waals surface area contributed by atoms with Crippen LogP contribution in [0.15, 0.2) is 66.7 Å². The highest BCUT2D eigenvalue weighted by Crippen LogP contribution is 2.24. The molecule has 0 aliphatic rings. The van der Waals surface area contributed by atoms with E-state index in [0.29, 0.717) is 21.7 Å². The van der Waals surface area contributed by atoms with Gasteiger partial charge in [-0.3, -0.25) is 9.59 Å². The topological polar surface area (TPSA) is 64.0 Å². The smallest absolute Gasteiger partial charge is 0.244 e. The van der Waals surface area contributed by atoms with Crippen LogP contribution in [0, 0.1) is 12.7 Å². The van der Waals surface area contributed by atoms with E-state index >= 15 is 0 Å². The predicted molar refractivity (Wildman–Crippen MR) is 114 cm³/mol. The number of amides is 1. The molecule has 0 fully saturated rings. The van der Waals surface area contributed by atoms with Crippen LogP contribution in [0.3, 0.4) is 0 Å². The minimum absolute atomic E-state index is 0.0620. The van der Waals surface area contributed by atoms with Crippen molar-refractivity contribution >= 4 is 40.0 Å². The first kappa shape index (κ1) is 19.8. The summed E-state index contributed by atoms with van der Waals surface area (Å²) in [6.07, 6.45) is 0. The Balaban J connectivity index is 1.70. The zero-order chi connectivity index (χ0) is 21.3. The maximum Gasteiger partial charge on any atom is 0.244 e. The molecule has 150 valence electrons. The Labute approximate surface area is 177 Å². The van der Waals surface area contributed by atoms with Crippen LogP contribution in [-0.4, -0.2) is 21.2 Å². The van der Waals surface area contributed by atoms with E-state index in [9.17, 15) is 14.0 Å². The molecule has 1 aromatic heterocycles. The second-order valence-corrected chi connectivity index (χ2v) is 7.29. The summed E-state index contributed by atoms with van der Waals surface area (Å²) >= 11 is 6.20. The van der Waals surface area contributed by atoms with E-state index in [2.05, 4.69) is 10.3 Å². The Hall–Kier alpha value is -3.51. The average molecular weight is 422 g/mol. The number of hydrogen-bond donors (Lipinski definition) is 1. The number of hydrogen-bond acceptors (Lipinski definition) is 3. The fourth-order valence-corrected chi connectivity index (χ4v) is 3.50. The zero-order valence-electron chi connectivity index (χ0n) is 16.0. The summed E-state index contributed by atoms with van der Waals surface area (Å²) in [4.78, 5) is 30.1. The summed E-state index contributed by atoms with van der Waals surface area (Å²) in [7, 11) is 0. The molecule has 1 amide bonds. The van der Waals surface area contributed by atoms with Gasteiger partial charge in [-0.25, -0.2) is 9.37 Å². The minimum atomic E-state index is -0.518. The van der Waals surface area contributed by atoms with Crippen LogP contribution in [0.1, 0.15) is 21.7 Å². The van der Waals surface area contributed by atoms with Gasteiger partial charge in [0.25, 0.3) is 0 Å². The molecule has 4 aromatic rings. The van der Waals surface area contributed by atoms with Gasteiger partial charge in [0.2, 0.25) is 11.7 Å². The third-order valence-corrected chi connectivity index (χ3v) is 4.96. The van der Waals surface area contributed by atoms with Gasteiger partial charge < -0.3 is 9.88 Å². The second-order valence-electron chi connectivity index (χ2n) is 6.88. The number of carbonyl (C=O) groups is 2. The number of anilines is 1. The molecule has 1 heterocycles. The molecule has 5 nitrogen and oxygen atoms in total. The van der Waals surface area contributed by atoms with Crippen molar-refractivity contribution in [3.05, 3.63) is 94.5 Å². The average Bonchev–Trinajstić information content (AvgIpc) is 3.08. The molecule has 3 aromatic carbocycles. The molecule has 0 unspecified atom stereocenters. The van der Waals surface area contributed by atoms with Gasteiger partial charge in [-0.15, -0.1) is 0 Å². The summed E-state index contributed by atoms with van der Waals surface area (Å²) < 4.78 is 15.1. The zero-order valence-corrected chi connectivity index (χ0v) is 16.8. The second kappa shape index (κ2) is 8.08. The van der Waals surface area contributed by atoms with E-state index in [-0.39, 0.29) is 23.8 Å². The number of rotatable bonds is 5. The molecule has 0 aliphatic heterocycles. The fraction of sp³-hybridized carbons (Fsp3) is 0.0870. The highest BCUT2D eigenvalue weighted by molar-refractivity contribution is 6.33. The maximum atomic E-state index is 13.6. The molecule has 0 saturated heterocycles. The maximum absolute atomic E-state index is 13.6. The van der Waals surface area contributed by atoms with Crippen molar-refractivity contribution in [1.29, 1.82) is 0 Å². The highest BCUT2D eigenvalue weighted by Gasteiger charge is 2.21. The summed E-state index contributed by atoms with van der Waals surface area (Å²) in [5.41, 5.74) is 2.81. The van der Waals surface area contributed by atoms with Crippen LogP contribution in [0.4, 0.5) is 10.1 Å². The fourth-order valence-electron chi connectivity index (χ4n) is 3.22. The SMILES string of the molecule is Cc1ccc(NC(=O)Cn2c(C(=O)c3cccc(F)c3)nc3ccccc32)c(Cl)c1. The third kappa shape index (κ3) is 3.95. The van der Waals surface area contributed by atoms with Gasteiger partial charge in [-0.1, -0.05) is 41.9 Å². The number of halogens is 2. The first-order valence-corrected chi connectivity index (χ1v) is 9.62. The first-order chi connectivity index (χ1) is 14.4. The van der Waals surface area contributed by atoms with Crippen molar-refractivity contribution < 1.29 is 14.0 Å². The van der Waals surface area contributed by atoms with E-state index in [1.807, 2.05) is 13.0 Å². The third-order valence-electron chi connectivity index (χ3n) is 4.64. The molecule has 0 bridgehead atoms. The Morgan fingerprint density at radius 3 is 2.63 bits per heavy atom. The molecule has 0 aliphatic carbocycles. The van der Waals surface area contributed by atoms with E-state index in [1.54, 1.807) is 36.4 Å². The number of fused-ring (bicyclic) bond motifs is 1. The number of nitrogens with zero attached hydrogens (tertiary/aromatic N) is 2. The number of carbonyl (C=O) groups excluding carboxylic acids is 2. The molecular weight excluding hydrogens is 405 g/mol. The molecule has 0 saturated carbocycles. The quantitative estimate of drug-likeness (QED) is 0.461. The van der Waals surface area contributed by atoms with Crippen molar-refractivity contribution in [3.63, 3.8) is 0 Å². The van der Waals surface area contributed by atoms with Gasteiger partial charge in [0.15, 0.2) is 5.82 Å². The van der Waals surface area contributed by atoms with Gasteiger partial charge in [-0.05, 0) is 48.9 Å². The summed E-state index contributed by atoms with van der Waals surface area (Å²) in [5, 5.41) is 3.19. The summed E-state index contributed by atoms with van der Waals surface area (Å²) in [5.74, 6) is -1.29. The number of benzene rings is 3. The van der Waals surface area contributed by atoms with Crippen molar-refractivity contribution in [3.8, 4) is 0 Å². The van der Waals surface area contributed by atoms with E-state index < -0.39 is 11.6 Å². The van der Waals surface area contributed by atoms with Crippen molar-refractivity contribution in [2.24, 2.45) is 0 Å². The van der Waals surface area contributed by atoms with Crippen LogP contribution in [0.5, 0.6) is 0 Å². The van der Waals surface area contributed by atoms with E-state index in [0.717, 1.165) is 11.6 Å². The number of aromatic nitrogens is 2.